The molecule has 1 aromatic carbocycles. The third-order valence-electron chi connectivity index (χ3n) is 2.93. The summed E-state index contributed by atoms with van der Waals surface area (Å²) in [5.74, 6) is 0. The van der Waals surface area contributed by atoms with Crippen LogP contribution in [0.5, 0.6) is 0 Å². The zero-order valence-corrected chi connectivity index (χ0v) is 13.7. The van der Waals surface area contributed by atoms with E-state index < -0.39 is 18.2 Å². The molecule has 3 nitrogen and oxygen atoms in total. The molecule has 0 aromatic heterocycles. The Morgan fingerprint density at radius 2 is 1.61 bits per heavy atom. The molecule has 0 fully saturated rings. The molecule has 0 radical (unpaired) electrons. The second-order valence-corrected chi connectivity index (χ2v) is 13.1. The number of rotatable bonds is 2. The van der Waals surface area contributed by atoms with Gasteiger partial charge in [-0.25, -0.2) is 0 Å². The highest BCUT2D eigenvalue weighted by Gasteiger charge is 2.27. The molecule has 5 heteroatoms. The van der Waals surface area contributed by atoms with Gasteiger partial charge in [-0.3, -0.25) is 4.55 Å². The third-order valence-corrected chi connectivity index (χ3v) is 6.05. The Hall–Kier alpha value is -0.653. The zero-order chi connectivity index (χ0) is 14.4. The fourth-order valence-corrected chi connectivity index (χ4v) is 5.10. The van der Waals surface area contributed by atoms with Crippen LogP contribution in [0.1, 0.15) is 26.3 Å². The molecule has 0 aliphatic carbocycles. The average molecular weight is 286 g/mol. The third kappa shape index (κ3) is 3.43. The minimum absolute atomic E-state index is 0.0356. The molecular weight excluding hydrogens is 264 g/mol. The average Bonchev–Trinajstić information content (AvgIpc) is 2.12. The van der Waals surface area contributed by atoms with Gasteiger partial charge in [-0.1, -0.05) is 52.5 Å². The van der Waals surface area contributed by atoms with Gasteiger partial charge in [-0.2, -0.15) is 8.42 Å². The van der Waals surface area contributed by atoms with Gasteiger partial charge in [0.2, 0.25) is 0 Å². The first-order valence-electron chi connectivity index (χ1n) is 5.96. The summed E-state index contributed by atoms with van der Waals surface area (Å²) in [4.78, 5) is 0.0645. The highest BCUT2D eigenvalue weighted by Crippen LogP contribution is 2.24. The van der Waals surface area contributed by atoms with Crippen LogP contribution in [0.2, 0.25) is 19.6 Å². The van der Waals surface area contributed by atoms with Crippen LogP contribution in [0.3, 0.4) is 0 Å². The molecule has 0 spiro atoms. The van der Waals surface area contributed by atoms with E-state index in [-0.39, 0.29) is 10.3 Å². The molecule has 1 aromatic rings. The molecule has 0 unspecified atom stereocenters. The summed E-state index contributed by atoms with van der Waals surface area (Å²) < 4.78 is 32.2. The zero-order valence-electron chi connectivity index (χ0n) is 11.9. The van der Waals surface area contributed by atoms with Gasteiger partial charge in [-0.15, -0.1) is 0 Å². The Morgan fingerprint density at radius 1 is 1.11 bits per heavy atom. The maximum Gasteiger partial charge on any atom is 0.294 e. The summed E-state index contributed by atoms with van der Waals surface area (Å²) in [6, 6.07) is 5.26. The van der Waals surface area contributed by atoms with Crippen molar-refractivity contribution >= 4 is 23.4 Å². The van der Waals surface area contributed by atoms with Crippen LogP contribution < -0.4 is 5.19 Å². The lowest BCUT2D eigenvalue weighted by atomic mass is 9.87. The van der Waals surface area contributed by atoms with Crippen LogP contribution in [0, 0.1) is 0 Å². The maximum atomic E-state index is 11.4. The Balaban J connectivity index is 3.61. The van der Waals surface area contributed by atoms with Gasteiger partial charge in [0.25, 0.3) is 10.1 Å². The van der Waals surface area contributed by atoms with E-state index in [4.69, 9.17) is 0 Å². The van der Waals surface area contributed by atoms with E-state index in [0.29, 0.717) is 0 Å². The molecule has 0 saturated heterocycles. The smallest absolute Gasteiger partial charge is 0.282 e. The number of benzene rings is 1. The Labute approximate surface area is 111 Å². The van der Waals surface area contributed by atoms with E-state index in [1.165, 1.54) is 6.07 Å². The highest BCUT2D eigenvalue weighted by molar-refractivity contribution is 7.86. The largest absolute Gasteiger partial charge is 0.294 e. The molecule has 0 bridgehead atoms. The SMILES string of the molecule is CC(C)(C)c1ccc(S(=O)(=O)O)c([Si](C)(C)C)c1. The van der Waals surface area contributed by atoms with Crippen molar-refractivity contribution in [3.8, 4) is 0 Å². The van der Waals surface area contributed by atoms with Crippen LogP contribution in [-0.4, -0.2) is 21.0 Å². The summed E-state index contributed by atoms with van der Waals surface area (Å²) >= 11 is 0. The first kappa shape index (κ1) is 15.4. The molecule has 18 heavy (non-hydrogen) atoms. The second-order valence-electron chi connectivity index (χ2n) is 6.69. The van der Waals surface area contributed by atoms with Gasteiger partial charge in [0.15, 0.2) is 0 Å². The molecule has 0 heterocycles. The lowest BCUT2D eigenvalue weighted by Crippen LogP contribution is -2.41. The van der Waals surface area contributed by atoms with Crippen molar-refractivity contribution in [2.24, 2.45) is 0 Å². The summed E-state index contributed by atoms with van der Waals surface area (Å²) in [5.41, 5.74) is 1.05. The fraction of sp³-hybridized carbons (Fsp3) is 0.538. The van der Waals surface area contributed by atoms with Crippen LogP contribution in [0.25, 0.3) is 0 Å². The van der Waals surface area contributed by atoms with Gasteiger partial charge < -0.3 is 0 Å². The molecule has 0 aliphatic rings. The van der Waals surface area contributed by atoms with E-state index in [9.17, 15) is 13.0 Å². The quantitative estimate of drug-likeness (QED) is 0.672. The summed E-state index contributed by atoms with van der Waals surface area (Å²) in [6.07, 6.45) is 0. The van der Waals surface area contributed by atoms with E-state index in [2.05, 4.69) is 40.4 Å². The van der Waals surface area contributed by atoms with Gasteiger partial charge in [0.1, 0.15) is 0 Å². The lowest BCUT2D eigenvalue weighted by Gasteiger charge is -2.25. The molecule has 0 saturated carbocycles. The number of hydrogen-bond acceptors (Lipinski definition) is 2. The van der Waals surface area contributed by atoms with Crippen LogP contribution in [-0.2, 0) is 15.5 Å². The predicted octanol–water partition coefficient (Wildman–Crippen LogP) is 2.78. The highest BCUT2D eigenvalue weighted by atomic mass is 32.2. The van der Waals surface area contributed by atoms with Crippen LogP contribution in [0.4, 0.5) is 0 Å². The summed E-state index contributed by atoms with van der Waals surface area (Å²) in [5, 5.41) is 0.789. The van der Waals surface area contributed by atoms with Crippen LogP contribution in [0.15, 0.2) is 23.1 Å². The minimum Gasteiger partial charge on any atom is -0.282 e. The molecule has 1 N–H and O–H groups in total. The molecule has 0 atom stereocenters. The predicted molar refractivity (Wildman–Crippen MR) is 77.9 cm³/mol. The number of hydrogen-bond donors (Lipinski definition) is 1. The topological polar surface area (TPSA) is 54.4 Å². The Kier molecular flexibility index (Phi) is 3.83. The lowest BCUT2D eigenvalue weighted by molar-refractivity contribution is 0.483. The molecule has 102 valence electrons. The minimum atomic E-state index is -4.14. The molecular formula is C13H22O3SSi. The van der Waals surface area contributed by atoms with E-state index in [1.807, 2.05) is 6.07 Å². The van der Waals surface area contributed by atoms with Gasteiger partial charge in [0.05, 0.1) is 13.0 Å². The Bertz CT molecular complexity index is 549. The Morgan fingerprint density at radius 3 is 1.94 bits per heavy atom. The molecule has 0 aliphatic heterocycles. The van der Waals surface area contributed by atoms with E-state index in [1.54, 1.807) is 6.07 Å². The van der Waals surface area contributed by atoms with Crippen molar-refractivity contribution in [3.63, 3.8) is 0 Å². The summed E-state index contributed by atoms with van der Waals surface area (Å²) in [6.45, 7) is 12.5. The van der Waals surface area contributed by atoms with Crippen molar-refractivity contribution in [1.29, 1.82) is 0 Å². The van der Waals surface area contributed by atoms with Crippen LogP contribution >= 0.6 is 0 Å². The first-order chi connectivity index (χ1) is 7.83. The molecule has 1 rings (SSSR count). The van der Waals surface area contributed by atoms with Gasteiger partial charge >= 0.3 is 0 Å². The van der Waals surface area contributed by atoms with Gasteiger partial charge in [-0.05, 0) is 22.2 Å². The fourth-order valence-electron chi connectivity index (χ4n) is 1.81. The van der Waals surface area contributed by atoms with Crippen molar-refractivity contribution < 1.29 is 13.0 Å². The normalized spacial score (nSPS) is 13.7. The maximum absolute atomic E-state index is 11.4. The monoisotopic (exact) mass is 286 g/mol. The van der Waals surface area contributed by atoms with Gasteiger partial charge in [0, 0.05) is 0 Å². The van der Waals surface area contributed by atoms with Crippen molar-refractivity contribution in [3.05, 3.63) is 23.8 Å². The second kappa shape index (κ2) is 4.47. The van der Waals surface area contributed by atoms with Crippen molar-refractivity contribution in [2.45, 2.75) is 50.7 Å². The van der Waals surface area contributed by atoms with Crippen molar-refractivity contribution in [1.82, 2.24) is 0 Å². The molecule has 0 amide bonds. The van der Waals surface area contributed by atoms with E-state index in [0.717, 1.165) is 10.8 Å². The van der Waals surface area contributed by atoms with E-state index >= 15 is 0 Å². The standard InChI is InChI=1S/C13H22O3SSi/c1-13(2,3)10-7-8-11(17(14,15)16)12(9-10)18(4,5)6/h7-9H,1-6H3,(H,14,15,16). The summed E-state index contributed by atoms with van der Waals surface area (Å²) in [7, 11) is -5.98. The first-order valence-corrected chi connectivity index (χ1v) is 10.9. The van der Waals surface area contributed by atoms with Crippen molar-refractivity contribution in [2.75, 3.05) is 0 Å².